The summed E-state index contributed by atoms with van der Waals surface area (Å²) in [5.74, 6) is -0.492. The van der Waals surface area contributed by atoms with E-state index in [9.17, 15) is 14.0 Å². The van der Waals surface area contributed by atoms with Gasteiger partial charge in [-0.15, -0.1) is 10.2 Å². The van der Waals surface area contributed by atoms with Crippen molar-refractivity contribution < 1.29 is 18.7 Å². The molecule has 2 amide bonds. The lowest BCUT2D eigenvalue weighted by atomic mass is 10.1. The van der Waals surface area contributed by atoms with E-state index >= 15 is 0 Å². The van der Waals surface area contributed by atoms with E-state index in [1.54, 1.807) is 30.3 Å². The zero-order valence-corrected chi connectivity index (χ0v) is 19.6. The second kappa shape index (κ2) is 11.8. The van der Waals surface area contributed by atoms with Crippen molar-refractivity contribution in [3.8, 4) is 5.75 Å². The third-order valence-electron chi connectivity index (χ3n) is 4.99. The number of aromatic nitrogens is 2. The van der Waals surface area contributed by atoms with E-state index in [4.69, 9.17) is 4.74 Å². The molecule has 0 bridgehead atoms. The number of hydrogen-bond acceptors (Lipinski definition) is 6. The van der Waals surface area contributed by atoms with Crippen LogP contribution >= 0.6 is 11.3 Å². The highest BCUT2D eigenvalue weighted by Crippen LogP contribution is 2.18. The molecule has 3 aromatic carbocycles. The Balaban J connectivity index is 1.21. The molecule has 0 saturated heterocycles. The molecular weight excluding hydrogens is 467 g/mol. The van der Waals surface area contributed by atoms with Gasteiger partial charge in [0, 0.05) is 17.8 Å². The summed E-state index contributed by atoms with van der Waals surface area (Å²) < 4.78 is 19.0. The number of carbonyl (C=O) groups is 2. The van der Waals surface area contributed by atoms with Crippen molar-refractivity contribution >= 4 is 28.8 Å². The van der Waals surface area contributed by atoms with Crippen molar-refractivity contribution in [2.75, 3.05) is 11.9 Å². The normalized spacial score (nSPS) is 10.5. The lowest BCUT2D eigenvalue weighted by Crippen LogP contribution is -2.24. The fraction of sp³-hybridized carbons (Fsp3) is 0.154. The maximum atomic E-state index is 13.3. The molecule has 178 valence electrons. The standard InChI is InChI=1S/C26H23FN4O3S/c27-20-9-4-10-21(16-20)29-25(33)26-31-30-23(35-26)17-34-22-13-11-19(12-14-22)24(32)28-15-5-8-18-6-2-1-3-7-18/h1-4,6-7,9-14,16H,5,8,15,17H2,(H,28,32)(H,29,33). The zero-order valence-electron chi connectivity index (χ0n) is 18.7. The van der Waals surface area contributed by atoms with Gasteiger partial charge >= 0.3 is 0 Å². The Bertz CT molecular complexity index is 1280. The minimum atomic E-state index is -0.474. The molecule has 0 saturated carbocycles. The van der Waals surface area contributed by atoms with E-state index in [0.717, 1.165) is 24.2 Å². The van der Waals surface area contributed by atoms with Crippen molar-refractivity contribution in [2.24, 2.45) is 0 Å². The summed E-state index contributed by atoms with van der Waals surface area (Å²) in [6, 6.07) is 22.6. The van der Waals surface area contributed by atoms with Gasteiger partial charge in [0.25, 0.3) is 11.8 Å². The fourth-order valence-corrected chi connectivity index (χ4v) is 3.89. The molecule has 7 nitrogen and oxygen atoms in total. The summed E-state index contributed by atoms with van der Waals surface area (Å²) in [6.07, 6.45) is 1.77. The maximum absolute atomic E-state index is 13.3. The summed E-state index contributed by atoms with van der Waals surface area (Å²) in [7, 11) is 0. The Morgan fingerprint density at radius 3 is 2.49 bits per heavy atom. The number of carbonyl (C=O) groups excluding carboxylic acids is 2. The summed E-state index contributed by atoms with van der Waals surface area (Å²) >= 11 is 1.08. The average molecular weight is 491 g/mol. The van der Waals surface area contributed by atoms with Crippen LogP contribution in [-0.2, 0) is 13.0 Å². The minimum Gasteiger partial charge on any atom is -0.486 e. The van der Waals surface area contributed by atoms with Crippen LogP contribution < -0.4 is 15.4 Å². The lowest BCUT2D eigenvalue weighted by molar-refractivity contribution is 0.0952. The molecule has 4 rings (SSSR count). The highest BCUT2D eigenvalue weighted by atomic mass is 32.1. The van der Waals surface area contributed by atoms with Gasteiger partial charge in [0.1, 0.15) is 18.2 Å². The Hall–Kier alpha value is -4.11. The topological polar surface area (TPSA) is 93.2 Å². The first kappa shape index (κ1) is 24.0. The molecule has 0 unspecified atom stereocenters. The molecule has 0 atom stereocenters. The predicted octanol–water partition coefficient (Wildman–Crippen LogP) is 4.87. The van der Waals surface area contributed by atoms with Crippen LogP contribution in [0.15, 0.2) is 78.9 Å². The van der Waals surface area contributed by atoms with Gasteiger partial charge in [0.2, 0.25) is 5.01 Å². The first-order valence-corrected chi connectivity index (χ1v) is 11.8. The number of halogens is 1. The van der Waals surface area contributed by atoms with Crippen molar-refractivity contribution in [1.82, 2.24) is 15.5 Å². The SMILES string of the molecule is O=C(NCCCc1ccccc1)c1ccc(OCc2nnc(C(=O)Nc3cccc(F)c3)s2)cc1. The van der Waals surface area contributed by atoms with Crippen molar-refractivity contribution in [2.45, 2.75) is 19.4 Å². The van der Waals surface area contributed by atoms with E-state index in [1.807, 2.05) is 18.2 Å². The van der Waals surface area contributed by atoms with E-state index in [-0.39, 0.29) is 17.5 Å². The van der Waals surface area contributed by atoms with Gasteiger partial charge in [-0.1, -0.05) is 47.7 Å². The molecule has 1 aromatic heterocycles. The Morgan fingerprint density at radius 2 is 1.71 bits per heavy atom. The number of rotatable bonds is 10. The van der Waals surface area contributed by atoms with Gasteiger partial charge in [0.05, 0.1) is 0 Å². The maximum Gasteiger partial charge on any atom is 0.286 e. The van der Waals surface area contributed by atoms with Gasteiger partial charge in [-0.2, -0.15) is 0 Å². The average Bonchev–Trinajstić information content (AvgIpc) is 3.36. The third-order valence-corrected chi connectivity index (χ3v) is 5.89. The molecular formula is C26H23FN4O3S. The number of aryl methyl sites for hydroxylation is 1. The fourth-order valence-electron chi connectivity index (χ4n) is 3.24. The minimum absolute atomic E-state index is 0.121. The van der Waals surface area contributed by atoms with Gasteiger partial charge in [-0.3, -0.25) is 9.59 Å². The summed E-state index contributed by atoms with van der Waals surface area (Å²) in [5, 5.41) is 14.0. The first-order chi connectivity index (χ1) is 17.1. The van der Waals surface area contributed by atoms with Crippen LogP contribution in [0.25, 0.3) is 0 Å². The van der Waals surface area contributed by atoms with E-state index < -0.39 is 11.7 Å². The Kier molecular flexibility index (Phi) is 8.13. The second-order valence-electron chi connectivity index (χ2n) is 7.62. The summed E-state index contributed by atoms with van der Waals surface area (Å²) in [5.41, 5.74) is 2.13. The number of amides is 2. The zero-order chi connectivity index (χ0) is 24.5. The molecule has 0 aliphatic heterocycles. The lowest BCUT2D eigenvalue weighted by Gasteiger charge is -2.07. The summed E-state index contributed by atoms with van der Waals surface area (Å²) in [4.78, 5) is 24.6. The highest BCUT2D eigenvalue weighted by Gasteiger charge is 2.14. The third kappa shape index (κ3) is 7.18. The van der Waals surface area contributed by atoms with Crippen molar-refractivity contribution in [3.05, 3.63) is 106 Å². The van der Waals surface area contributed by atoms with Gasteiger partial charge < -0.3 is 15.4 Å². The number of nitrogens with zero attached hydrogens (tertiary/aromatic N) is 2. The number of ether oxygens (including phenoxy) is 1. The van der Waals surface area contributed by atoms with Crippen molar-refractivity contribution in [3.63, 3.8) is 0 Å². The summed E-state index contributed by atoms with van der Waals surface area (Å²) in [6.45, 7) is 0.716. The van der Waals surface area contributed by atoms with E-state index in [1.165, 1.54) is 23.8 Å². The van der Waals surface area contributed by atoms with Gasteiger partial charge in [0.15, 0.2) is 5.01 Å². The number of hydrogen-bond donors (Lipinski definition) is 2. The van der Waals surface area contributed by atoms with Crippen LogP contribution in [0.5, 0.6) is 5.75 Å². The van der Waals surface area contributed by atoms with Crippen LogP contribution in [0, 0.1) is 5.82 Å². The Morgan fingerprint density at radius 1 is 0.914 bits per heavy atom. The number of benzene rings is 3. The smallest absolute Gasteiger partial charge is 0.286 e. The van der Waals surface area contributed by atoms with Gasteiger partial charge in [-0.05, 0) is 60.9 Å². The monoisotopic (exact) mass is 490 g/mol. The van der Waals surface area contributed by atoms with Gasteiger partial charge in [-0.25, -0.2) is 4.39 Å². The number of nitrogens with one attached hydrogen (secondary N) is 2. The second-order valence-corrected chi connectivity index (χ2v) is 8.69. The van der Waals surface area contributed by atoms with E-state index in [2.05, 4.69) is 33.0 Å². The van der Waals surface area contributed by atoms with Crippen LogP contribution in [0.1, 0.15) is 37.2 Å². The van der Waals surface area contributed by atoms with Crippen LogP contribution in [-0.4, -0.2) is 28.6 Å². The first-order valence-electron chi connectivity index (χ1n) is 11.0. The largest absolute Gasteiger partial charge is 0.486 e. The molecule has 9 heteroatoms. The molecule has 2 N–H and O–H groups in total. The highest BCUT2D eigenvalue weighted by molar-refractivity contribution is 7.13. The molecule has 1 heterocycles. The van der Waals surface area contributed by atoms with Crippen LogP contribution in [0.2, 0.25) is 0 Å². The quantitative estimate of drug-likeness (QED) is 0.309. The molecule has 0 radical (unpaired) electrons. The number of anilines is 1. The molecule has 0 spiro atoms. The van der Waals surface area contributed by atoms with Crippen molar-refractivity contribution in [1.29, 1.82) is 0 Å². The molecule has 4 aromatic rings. The molecule has 0 fully saturated rings. The van der Waals surface area contributed by atoms with Crippen LogP contribution in [0.3, 0.4) is 0 Å². The molecule has 0 aliphatic rings. The van der Waals surface area contributed by atoms with Crippen LogP contribution in [0.4, 0.5) is 10.1 Å². The Labute approximate surface area is 206 Å². The van der Waals surface area contributed by atoms with E-state index in [0.29, 0.717) is 28.6 Å². The predicted molar refractivity (Wildman–Crippen MR) is 132 cm³/mol. The molecule has 35 heavy (non-hydrogen) atoms. The molecule has 0 aliphatic carbocycles.